The fourth-order valence-electron chi connectivity index (χ4n) is 1.97. The van der Waals surface area contributed by atoms with Gasteiger partial charge < -0.3 is 20.5 Å². The molecule has 0 aliphatic carbocycles. The molecule has 6 heteroatoms. The van der Waals surface area contributed by atoms with Gasteiger partial charge in [0, 0.05) is 6.54 Å². The molecule has 0 saturated carbocycles. The molecule has 1 rings (SSSR count). The van der Waals surface area contributed by atoms with E-state index in [1.807, 2.05) is 30.3 Å². The van der Waals surface area contributed by atoms with Gasteiger partial charge in [0.15, 0.2) is 0 Å². The van der Waals surface area contributed by atoms with E-state index in [0.29, 0.717) is 25.9 Å². The van der Waals surface area contributed by atoms with Crippen LogP contribution < -0.4 is 10.6 Å². The fraction of sp³-hybridized carbons (Fsp3) is 0.529. The van der Waals surface area contributed by atoms with Crippen molar-refractivity contribution < 1.29 is 19.4 Å². The summed E-state index contributed by atoms with van der Waals surface area (Å²) in [7, 11) is 0. The molecule has 0 fully saturated rings. The lowest BCUT2D eigenvalue weighted by Crippen LogP contribution is -2.40. The van der Waals surface area contributed by atoms with E-state index < -0.39 is 23.7 Å². The molecule has 0 bridgehead atoms. The topological polar surface area (TPSA) is 87.7 Å². The third kappa shape index (κ3) is 8.83. The van der Waals surface area contributed by atoms with E-state index >= 15 is 0 Å². The first kappa shape index (κ1) is 19.0. The minimum Gasteiger partial charge on any atom is -0.480 e. The summed E-state index contributed by atoms with van der Waals surface area (Å²) >= 11 is 0. The van der Waals surface area contributed by atoms with Gasteiger partial charge in [-0.1, -0.05) is 30.3 Å². The number of carbonyl (C=O) groups excluding carboxylic acids is 1. The maximum Gasteiger partial charge on any atom is 0.407 e. The molecule has 6 nitrogen and oxygen atoms in total. The molecule has 0 saturated heterocycles. The number of hydrogen-bond acceptors (Lipinski definition) is 4. The summed E-state index contributed by atoms with van der Waals surface area (Å²) in [5.74, 6) is -0.881. The van der Waals surface area contributed by atoms with Gasteiger partial charge in [-0.15, -0.1) is 0 Å². The van der Waals surface area contributed by atoms with Crippen LogP contribution in [-0.4, -0.2) is 41.9 Å². The predicted octanol–water partition coefficient (Wildman–Crippen LogP) is 2.19. The molecule has 0 aliphatic heterocycles. The number of carboxylic acid groups (broad SMARTS) is 1. The van der Waals surface area contributed by atoms with Gasteiger partial charge in [0.2, 0.25) is 0 Å². The van der Waals surface area contributed by atoms with Crippen molar-refractivity contribution >= 4 is 12.1 Å². The van der Waals surface area contributed by atoms with E-state index in [0.717, 1.165) is 5.56 Å². The number of aliphatic carboxylic acids is 1. The molecule has 23 heavy (non-hydrogen) atoms. The maximum absolute atomic E-state index is 11.5. The van der Waals surface area contributed by atoms with Crippen LogP contribution in [0.25, 0.3) is 0 Å². The normalized spacial score (nSPS) is 12.5. The van der Waals surface area contributed by atoms with Crippen LogP contribution in [0.15, 0.2) is 30.3 Å². The first-order valence-electron chi connectivity index (χ1n) is 7.75. The molecule has 3 N–H and O–H groups in total. The number of carboxylic acids is 1. The van der Waals surface area contributed by atoms with E-state index in [1.54, 1.807) is 20.8 Å². The van der Waals surface area contributed by atoms with Gasteiger partial charge in [0.05, 0.1) is 0 Å². The molecule has 0 spiro atoms. The third-order valence-corrected chi connectivity index (χ3v) is 2.99. The highest BCUT2D eigenvalue weighted by molar-refractivity contribution is 5.73. The molecule has 0 heterocycles. The minimum absolute atomic E-state index is 0.426. The van der Waals surface area contributed by atoms with E-state index in [-0.39, 0.29) is 0 Å². The molecule has 1 aromatic rings. The zero-order valence-electron chi connectivity index (χ0n) is 14.0. The summed E-state index contributed by atoms with van der Waals surface area (Å²) < 4.78 is 5.12. The number of alkyl carbamates (subject to hydrolysis) is 1. The third-order valence-electron chi connectivity index (χ3n) is 2.99. The molecule has 0 aromatic heterocycles. The van der Waals surface area contributed by atoms with Gasteiger partial charge in [-0.3, -0.25) is 4.79 Å². The zero-order chi connectivity index (χ0) is 17.3. The lowest BCUT2D eigenvalue weighted by atomic mass is 10.1. The first-order chi connectivity index (χ1) is 10.8. The number of carbonyl (C=O) groups is 2. The lowest BCUT2D eigenvalue weighted by molar-refractivity contribution is -0.139. The summed E-state index contributed by atoms with van der Waals surface area (Å²) in [5.41, 5.74) is 0.450. The Bertz CT molecular complexity index is 497. The second-order valence-corrected chi connectivity index (χ2v) is 6.32. The number of nitrogens with one attached hydrogen (secondary N) is 2. The van der Waals surface area contributed by atoms with Crippen molar-refractivity contribution in [1.82, 2.24) is 10.6 Å². The van der Waals surface area contributed by atoms with Gasteiger partial charge in [0.1, 0.15) is 11.6 Å². The molecule has 0 aliphatic rings. The second kappa shape index (κ2) is 9.15. The summed E-state index contributed by atoms with van der Waals surface area (Å²) in [4.78, 5) is 22.7. The summed E-state index contributed by atoms with van der Waals surface area (Å²) in [6, 6.07) is 8.84. The zero-order valence-corrected chi connectivity index (χ0v) is 14.0. The highest BCUT2D eigenvalue weighted by Crippen LogP contribution is 2.06. The summed E-state index contributed by atoms with van der Waals surface area (Å²) in [6.07, 6.45) is 0.588. The number of amides is 1. The Labute approximate surface area is 137 Å². The van der Waals surface area contributed by atoms with Crippen molar-refractivity contribution in [2.45, 2.75) is 45.3 Å². The molecule has 1 atom stereocenters. The van der Waals surface area contributed by atoms with Crippen LogP contribution in [-0.2, 0) is 16.0 Å². The van der Waals surface area contributed by atoms with Crippen molar-refractivity contribution in [3.05, 3.63) is 35.9 Å². The Morgan fingerprint density at radius 1 is 1.17 bits per heavy atom. The van der Waals surface area contributed by atoms with E-state index in [4.69, 9.17) is 4.74 Å². The average Bonchev–Trinajstić information content (AvgIpc) is 2.44. The van der Waals surface area contributed by atoms with Crippen LogP contribution in [0.5, 0.6) is 0 Å². The highest BCUT2D eigenvalue weighted by Gasteiger charge is 2.17. The number of benzene rings is 1. The largest absolute Gasteiger partial charge is 0.480 e. The molecule has 1 aromatic carbocycles. The molecule has 0 unspecified atom stereocenters. The van der Waals surface area contributed by atoms with Crippen molar-refractivity contribution in [1.29, 1.82) is 0 Å². The Balaban J connectivity index is 2.26. The molecular weight excluding hydrogens is 296 g/mol. The van der Waals surface area contributed by atoms with E-state index in [9.17, 15) is 14.7 Å². The highest BCUT2D eigenvalue weighted by atomic mass is 16.6. The SMILES string of the molecule is CC(C)(C)OC(=O)NCCCN[C@H](Cc1ccccc1)C(=O)O. The van der Waals surface area contributed by atoms with Crippen LogP contribution in [0.1, 0.15) is 32.8 Å². The predicted molar refractivity (Wildman–Crippen MR) is 88.4 cm³/mol. The quantitative estimate of drug-likeness (QED) is 0.639. The number of rotatable bonds is 8. The molecule has 0 radical (unpaired) electrons. The van der Waals surface area contributed by atoms with Gasteiger partial charge >= 0.3 is 12.1 Å². The maximum atomic E-state index is 11.5. The van der Waals surface area contributed by atoms with Gasteiger partial charge in [-0.05, 0) is 45.7 Å². The minimum atomic E-state index is -0.881. The fourth-order valence-corrected chi connectivity index (χ4v) is 1.97. The number of hydrogen-bond donors (Lipinski definition) is 3. The molecular formula is C17H26N2O4. The second-order valence-electron chi connectivity index (χ2n) is 6.32. The molecule has 1 amide bonds. The van der Waals surface area contributed by atoms with E-state index in [1.165, 1.54) is 0 Å². The summed E-state index contributed by atoms with van der Waals surface area (Å²) in [6.45, 7) is 6.33. The monoisotopic (exact) mass is 322 g/mol. The van der Waals surface area contributed by atoms with Crippen LogP contribution >= 0.6 is 0 Å². The smallest absolute Gasteiger partial charge is 0.407 e. The van der Waals surface area contributed by atoms with Crippen molar-refractivity contribution in [3.8, 4) is 0 Å². The average molecular weight is 322 g/mol. The van der Waals surface area contributed by atoms with Gasteiger partial charge in [0.25, 0.3) is 0 Å². The Morgan fingerprint density at radius 3 is 2.39 bits per heavy atom. The van der Waals surface area contributed by atoms with Gasteiger partial charge in [-0.25, -0.2) is 4.79 Å². The van der Waals surface area contributed by atoms with Crippen LogP contribution in [0.4, 0.5) is 4.79 Å². The van der Waals surface area contributed by atoms with Crippen molar-refractivity contribution in [2.24, 2.45) is 0 Å². The number of ether oxygens (including phenoxy) is 1. The standard InChI is InChI=1S/C17H26N2O4/c1-17(2,3)23-16(22)19-11-7-10-18-14(15(20)21)12-13-8-5-4-6-9-13/h4-6,8-9,14,18H,7,10-12H2,1-3H3,(H,19,22)(H,20,21)/t14-/m1/s1. The summed E-state index contributed by atoms with van der Waals surface area (Å²) in [5, 5.41) is 14.9. The Morgan fingerprint density at radius 2 is 1.83 bits per heavy atom. The lowest BCUT2D eigenvalue weighted by Gasteiger charge is -2.20. The van der Waals surface area contributed by atoms with E-state index in [2.05, 4.69) is 10.6 Å². The Kier molecular flexibility index (Phi) is 7.54. The van der Waals surface area contributed by atoms with Crippen LogP contribution in [0.3, 0.4) is 0 Å². The van der Waals surface area contributed by atoms with Crippen molar-refractivity contribution in [2.75, 3.05) is 13.1 Å². The van der Waals surface area contributed by atoms with Gasteiger partial charge in [-0.2, -0.15) is 0 Å². The first-order valence-corrected chi connectivity index (χ1v) is 7.75. The Hall–Kier alpha value is -2.08. The van der Waals surface area contributed by atoms with Crippen LogP contribution in [0.2, 0.25) is 0 Å². The van der Waals surface area contributed by atoms with Crippen LogP contribution in [0, 0.1) is 0 Å². The van der Waals surface area contributed by atoms with Crippen molar-refractivity contribution in [3.63, 3.8) is 0 Å². The molecule has 128 valence electrons.